The van der Waals surface area contributed by atoms with Crippen LogP contribution in [0.2, 0.25) is 0 Å². The van der Waals surface area contributed by atoms with Crippen LogP contribution in [0.3, 0.4) is 0 Å². The van der Waals surface area contributed by atoms with Crippen LogP contribution in [-0.2, 0) is 14.4 Å². The van der Waals surface area contributed by atoms with E-state index in [1.165, 1.54) is 25.3 Å². The molecule has 2 aromatic carbocycles. The molecule has 0 spiro atoms. The molecule has 0 saturated carbocycles. The normalized spacial score (nSPS) is 24.0. The number of methoxy groups -OCH3 is 1. The molecule has 0 aromatic heterocycles. The van der Waals surface area contributed by atoms with Crippen LogP contribution in [0.5, 0.6) is 5.75 Å². The number of nitrogens with zero attached hydrogens (tertiary/aromatic N) is 1. The largest absolute Gasteiger partial charge is 0.495 e. The van der Waals surface area contributed by atoms with Crippen LogP contribution in [0, 0.1) is 22.0 Å². The maximum atomic E-state index is 13.0. The Morgan fingerprint density at radius 1 is 1.09 bits per heavy atom. The Morgan fingerprint density at radius 3 is 2.52 bits per heavy atom. The predicted octanol–water partition coefficient (Wildman–Crippen LogP) is 0.735. The summed E-state index contributed by atoms with van der Waals surface area (Å²) >= 11 is 0. The molecular weight excluding hydrogens is 432 g/mol. The van der Waals surface area contributed by atoms with Crippen LogP contribution in [0.4, 0.5) is 17.1 Å². The van der Waals surface area contributed by atoms with E-state index in [0.29, 0.717) is 11.4 Å². The van der Waals surface area contributed by atoms with Crippen molar-refractivity contribution in [2.45, 2.75) is 18.9 Å². The lowest BCUT2D eigenvalue weighted by Crippen LogP contribution is -2.72. The fraction of sp³-hybridized carbons (Fsp3) is 0.286. The molecule has 3 amide bonds. The molecule has 4 rings (SSSR count). The van der Waals surface area contributed by atoms with Crippen LogP contribution < -0.4 is 31.3 Å². The third-order valence-electron chi connectivity index (χ3n) is 5.55. The van der Waals surface area contributed by atoms with Crippen molar-refractivity contribution in [2.24, 2.45) is 11.8 Å². The highest BCUT2D eigenvalue weighted by Crippen LogP contribution is 2.31. The summed E-state index contributed by atoms with van der Waals surface area (Å²) in [4.78, 5) is 48.9. The topological polar surface area (TPSA) is 164 Å². The molecule has 2 aliphatic heterocycles. The van der Waals surface area contributed by atoms with Crippen molar-refractivity contribution in [3.8, 4) is 5.75 Å². The molecule has 2 fully saturated rings. The number of nitrogens with one attached hydrogen (secondary N) is 5. The van der Waals surface area contributed by atoms with Crippen LogP contribution >= 0.6 is 0 Å². The Kier molecular flexibility index (Phi) is 6.09. The van der Waals surface area contributed by atoms with Crippen LogP contribution in [-0.4, -0.2) is 42.2 Å². The van der Waals surface area contributed by atoms with E-state index in [-0.39, 0.29) is 17.8 Å². The van der Waals surface area contributed by atoms with Crippen molar-refractivity contribution in [3.05, 3.63) is 58.6 Å². The highest BCUT2D eigenvalue weighted by molar-refractivity contribution is 6.01. The van der Waals surface area contributed by atoms with Gasteiger partial charge in [-0.05, 0) is 18.2 Å². The van der Waals surface area contributed by atoms with Crippen molar-refractivity contribution in [3.63, 3.8) is 0 Å². The number of ether oxygens (including phenoxy) is 1. The molecule has 0 radical (unpaired) electrons. The van der Waals surface area contributed by atoms with E-state index in [1.807, 2.05) is 0 Å². The molecule has 4 unspecified atom stereocenters. The molecule has 5 N–H and O–H groups in total. The van der Waals surface area contributed by atoms with Gasteiger partial charge in [0.2, 0.25) is 17.7 Å². The Hall–Kier alpha value is -4.19. The van der Waals surface area contributed by atoms with Crippen LogP contribution in [0.15, 0.2) is 48.5 Å². The van der Waals surface area contributed by atoms with Gasteiger partial charge in [-0.25, -0.2) is 0 Å². The number of anilines is 2. The average molecular weight is 454 g/mol. The summed E-state index contributed by atoms with van der Waals surface area (Å²) in [5.41, 5.74) is 0.328. The van der Waals surface area contributed by atoms with Crippen molar-refractivity contribution in [1.82, 2.24) is 16.0 Å². The molecule has 2 aromatic rings. The van der Waals surface area contributed by atoms with Gasteiger partial charge in [-0.1, -0.05) is 24.3 Å². The number of para-hydroxylation sites is 4. The van der Waals surface area contributed by atoms with Gasteiger partial charge in [0, 0.05) is 12.5 Å². The zero-order valence-corrected chi connectivity index (χ0v) is 17.5. The minimum absolute atomic E-state index is 0.00470. The van der Waals surface area contributed by atoms with Crippen LogP contribution in [0.25, 0.3) is 0 Å². The number of fused-ring (bicyclic) bond motifs is 1. The average Bonchev–Trinajstić information content (AvgIpc) is 2.78. The zero-order valence-electron chi connectivity index (χ0n) is 17.5. The summed E-state index contributed by atoms with van der Waals surface area (Å²) in [6.45, 7) is 0. The summed E-state index contributed by atoms with van der Waals surface area (Å²) < 4.78 is 5.30. The van der Waals surface area contributed by atoms with Crippen molar-refractivity contribution < 1.29 is 24.0 Å². The van der Waals surface area contributed by atoms with Gasteiger partial charge in [0.05, 0.1) is 35.7 Å². The molecule has 0 bridgehead atoms. The number of nitro benzene ring substituents is 1. The molecule has 4 atom stereocenters. The van der Waals surface area contributed by atoms with E-state index in [0.717, 1.165) is 0 Å². The smallest absolute Gasteiger partial charge is 0.292 e. The molecule has 12 nitrogen and oxygen atoms in total. The lowest BCUT2D eigenvalue weighted by Gasteiger charge is -2.43. The van der Waals surface area contributed by atoms with E-state index < -0.39 is 46.9 Å². The van der Waals surface area contributed by atoms with Crippen LogP contribution in [0.1, 0.15) is 6.42 Å². The zero-order chi connectivity index (χ0) is 23.5. The second-order valence-electron chi connectivity index (χ2n) is 7.60. The lowest BCUT2D eigenvalue weighted by atomic mass is 9.81. The summed E-state index contributed by atoms with van der Waals surface area (Å²) in [7, 11) is 1.52. The van der Waals surface area contributed by atoms with E-state index >= 15 is 0 Å². The third-order valence-corrected chi connectivity index (χ3v) is 5.55. The number of nitro groups is 1. The fourth-order valence-electron chi connectivity index (χ4n) is 4.04. The minimum atomic E-state index is -1.02. The summed E-state index contributed by atoms with van der Waals surface area (Å²) in [6.07, 6.45) is -1.80. The molecule has 12 heteroatoms. The first kappa shape index (κ1) is 22.0. The van der Waals surface area contributed by atoms with Gasteiger partial charge < -0.3 is 26.0 Å². The molecule has 2 aliphatic rings. The first-order chi connectivity index (χ1) is 15.9. The van der Waals surface area contributed by atoms with Gasteiger partial charge in [-0.15, -0.1) is 0 Å². The standard InChI is InChI=1S/C21H22N6O6/c1-33-15-9-5-3-7-13(15)23-21-25-18-17(20(30)26-21)11(10-16(28)24-18)19(29)22-12-6-2-4-8-14(12)27(31)32/h2-9,11,17-18,21,23,25H,10H2,1H3,(H,22,29)(H,24,28)(H,26,30). The maximum Gasteiger partial charge on any atom is 0.292 e. The maximum absolute atomic E-state index is 13.0. The van der Waals surface area contributed by atoms with Gasteiger partial charge >= 0.3 is 0 Å². The van der Waals surface area contributed by atoms with Gasteiger partial charge in [0.25, 0.3) is 5.69 Å². The van der Waals surface area contributed by atoms with Gasteiger partial charge in [0.15, 0.2) is 6.29 Å². The molecule has 0 aliphatic carbocycles. The number of carbonyl (C=O) groups is 3. The Balaban J connectivity index is 1.51. The minimum Gasteiger partial charge on any atom is -0.495 e. The van der Waals surface area contributed by atoms with Crippen molar-refractivity contribution >= 4 is 34.8 Å². The van der Waals surface area contributed by atoms with E-state index in [1.54, 1.807) is 30.3 Å². The fourth-order valence-corrected chi connectivity index (χ4v) is 4.04. The number of carbonyl (C=O) groups excluding carboxylic acids is 3. The van der Waals surface area contributed by atoms with Gasteiger partial charge in [-0.3, -0.25) is 29.8 Å². The number of hydrogen-bond acceptors (Lipinski definition) is 8. The molecular formula is C21H22N6O6. The Morgan fingerprint density at radius 2 is 1.79 bits per heavy atom. The van der Waals surface area contributed by atoms with E-state index in [9.17, 15) is 24.5 Å². The number of rotatable bonds is 6. The third kappa shape index (κ3) is 4.55. The number of piperidine rings is 1. The highest BCUT2D eigenvalue weighted by Gasteiger charge is 2.48. The first-order valence-corrected chi connectivity index (χ1v) is 10.2. The monoisotopic (exact) mass is 454 g/mol. The molecule has 172 valence electrons. The van der Waals surface area contributed by atoms with Gasteiger partial charge in [0.1, 0.15) is 11.4 Å². The summed E-state index contributed by atoms with van der Waals surface area (Å²) in [5, 5.41) is 25.4. The summed E-state index contributed by atoms with van der Waals surface area (Å²) in [5.74, 6) is -2.90. The van der Waals surface area contributed by atoms with E-state index in [2.05, 4.69) is 26.6 Å². The predicted molar refractivity (Wildman–Crippen MR) is 117 cm³/mol. The molecule has 33 heavy (non-hydrogen) atoms. The number of amides is 3. The first-order valence-electron chi connectivity index (χ1n) is 10.2. The quantitative estimate of drug-likeness (QED) is 0.315. The van der Waals surface area contributed by atoms with Crippen molar-refractivity contribution in [2.75, 3.05) is 17.7 Å². The number of hydrogen-bond donors (Lipinski definition) is 5. The Bertz CT molecular complexity index is 1110. The SMILES string of the molecule is COc1ccccc1NC1NC(=O)C2C(NC(=O)CC2C(=O)Nc2ccccc2[N+](=O)[O-])N1. The molecule has 2 saturated heterocycles. The molecule has 2 heterocycles. The van der Waals surface area contributed by atoms with E-state index in [4.69, 9.17) is 4.74 Å². The highest BCUT2D eigenvalue weighted by atomic mass is 16.6. The van der Waals surface area contributed by atoms with Crippen molar-refractivity contribution in [1.29, 1.82) is 0 Å². The number of benzene rings is 2. The second-order valence-corrected chi connectivity index (χ2v) is 7.60. The second kappa shape index (κ2) is 9.12. The van der Waals surface area contributed by atoms with Gasteiger partial charge in [-0.2, -0.15) is 0 Å². The Labute approximate surface area is 188 Å². The summed E-state index contributed by atoms with van der Waals surface area (Å²) in [6, 6.07) is 12.8. The lowest BCUT2D eigenvalue weighted by molar-refractivity contribution is -0.383.